The van der Waals surface area contributed by atoms with Crippen molar-refractivity contribution in [2.45, 2.75) is 12.8 Å². The van der Waals surface area contributed by atoms with Crippen LogP contribution in [0.15, 0.2) is 48.8 Å². The number of anilines is 2. The van der Waals surface area contributed by atoms with Gasteiger partial charge in [-0.15, -0.1) is 0 Å². The predicted octanol–water partition coefficient (Wildman–Crippen LogP) is 2.76. The van der Waals surface area contributed by atoms with Crippen LogP contribution in [0.2, 0.25) is 0 Å². The van der Waals surface area contributed by atoms with Gasteiger partial charge < -0.3 is 15.1 Å². The van der Waals surface area contributed by atoms with Gasteiger partial charge in [-0.25, -0.2) is 0 Å². The van der Waals surface area contributed by atoms with Crippen molar-refractivity contribution in [1.82, 2.24) is 14.3 Å². The number of carbonyl (C=O) groups is 2. The van der Waals surface area contributed by atoms with Gasteiger partial charge in [-0.05, 0) is 35.8 Å². The zero-order valence-corrected chi connectivity index (χ0v) is 16.2. The molecule has 1 N–H and O–H groups in total. The number of fused-ring (bicyclic) bond motifs is 1. The third-order valence-electron chi connectivity index (χ3n) is 4.80. The van der Waals surface area contributed by atoms with Crippen LogP contribution in [0.3, 0.4) is 0 Å². The molecule has 7 nitrogen and oxygen atoms in total. The molecule has 3 heterocycles. The van der Waals surface area contributed by atoms with Crippen molar-refractivity contribution in [3.63, 3.8) is 0 Å². The Morgan fingerprint density at radius 1 is 1.04 bits per heavy atom. The zero-order valence-electron chi connectivity index (χ0n) is 15.4. The van der Waals surface area contributed by atoms with Gasteiger partial charge in [-0.2, -0.15) is 4.37 Å². The number of hydrogen-bond acceptors (Lipinski definition) is 6. The number of nitrogens with one attached hydrogen (secondary N) is 1. The molecule has 1 aliphatic rings. The van der Waals surface area contributed by atoms with E-state index in [0.717, 1.165) is 18.9 Å². The van der Waals surface area contributed by atoms with Crippen molar-refractivity contribution < 1.29 is 9.59 Å². The largest absolute Gasteiger partial charge is 0.352 e. The van der Waals surface area contributed by atoms with E-state index in [1.807, 2.05) is 17.0 Å². The van der Waals surface area contributed by atoms with Crippen LogP contribution in [0.25, 0.3) is 10.1 Å². The lowest BCUT2D eigenvalue weighted by Gasteiger charge is -2.35. The minimum atomic E-state index is -0.172. The summed E-state index contributed by atoms with van der Waals surface area (Å²) in [5.41, 5.74) is 0.643. The summed E-state index contributed by atoms with van der Waals surface area (Å²) < 4.78 is 5.77. The first kappa shape index (κ1) is 18.4. The predicted molar refractivity (Wildman–Crippen MR) is 111 cm³/mol. The molecule has 1 saturated heterocycles. The zero-order chi connectivity index (χ0) is 19.3. The summed E-state index contributed by atoms with van der Waals surface area (Å²) in [6.07, 6.45) is 3.62. The highest BCUT2D eigenvalue weighted by molar-refractivity contribution is 7.13. The van der Waals surface area contributed by atoms with Crippen molar-refractivity contribution in [3.8, 4) is 0 Å². The summed E-state index contributed by atoms with van der Waals surface area (Å²) >= 11 is 1.51. The van der Waals surface area contributed by atoms with Gasteiger partial charge >= 0.3 is 0 Å². The van der Waals surface area contributed by atoms with E-state index in [0.29, 0.717) is 18.8 Å². The second-order valence-electron chi connectivity index (χ2n) is 6.66. The average Bonchev–Trinajstić information content (AvgIpc) is 3.17. The Balaban J connectivity index is 1.26. The number of benzene rings is 1. The van der Waals surface area contributed by atoms with Crippen LogP contribution in [-0.2, 0) is 9.59 Å². The van der Waals surface area contributed by atoms with Crippen LogP contribution in [-0.4, -0.2) is 52.3 Å². The molecule has 4 rings (SSSR count). The number of rotatable bonds is 5. The third-order valence-corrected chi connectivity index (χ3v) is 5.62. The van der Waals surface area contributed by atoms with E-state index in [9.17, 15) is 9.59 Å². The van der Waals surface area contributed by atoms with Crippen molar-refractivity contribution >= 4 is 44.9 Å². The molecule has 3 aromatic rings. The molecule has 1 aromatic carbocycles. The Labute approximate surface area is 167 Å². The van der Waals surface area contributed by atoms with Gasteiger partial charge in [-0.1, -0.05) is 12.1 Å². The van der Waals surface area contributed by atoms with Crippen LogP contribution in [0, 0.1) is 0 Å². The fourth-order valence-corrected chi connectivity index (χ4v) is 4.10. The Morgan fingerprint density at radius 3 is 2.64 bits per heavy atom. The van der Waals surface area contributed by atoms with Crippen molar-refractivity contribution in [3.05, 3.63) is 48.8 Å². The molecule has 0 saturated carbocycles. The highest BCUT2D eigenvalue weighted by Gasteiger charge is 2.23. The SMILES string of the molecule is O=C(CCC(=O)N1CCN(c2nsc3ccccc23)CC1)Nc1cccnc1. The molecule has 8 heteroatoms. The Bertz CT molecular complexity index is 967. The molecule has 144 valence electrons. The molecular weight excluding hydrogens is 374 g/mol. The summed E-state index contributed by atoms with van der Waals surface area (Å²) in [7, 11) is 0. The summed E-state index contributed by atoms with van der Waals surface area (Å²) in [4.78, 5) is 32.5. The summed E-state index contributed by atoms with van der Waals surface area (Å²) in [5, 5.41) is 3.92. The van der Waals surface area contributed by atoms with Crippen LogP contribution in [0.1, 0.15) is 12.8 Å². The lowest BCUT2D eigenvalue weighted by Crippen LogP contribution is -2.49. The lowest BCUT2D eigenvalue weighted by atomic mass is 10.2. The van der Waals surface area contributed by atoms with Crippen molar-refractivity contribution in [2.24, 2.45) is 0 Å². The molecule has 1 aliphatic heterocycles. The maximum absolute atomic E-state index is 12.5. The van der Waals surface area contributed by atoms with E-state index in [4.69, 9.17) is 0 Å². The highest BCUT2D eigenvalue weighted by Crippen LogP contribution is 2.29. The van der Waals surface area contributed by atoms with Crippen LogP contribution >= 0.6 is 11.5 Å². The lowest BCUT2D eigenvalue weighted by molar-refractivity contribution is -0.133. The molecule has 28 heavy (non-hydrogen) atoms. The van der Waals surface area contributed by atoms with E-state index in [-0.39, 0.29) is 24.7 Å². The quantitative estimate of drug-likeness (QED) is 0.719. The summed E-state index contributed by atoms with van der Waals surface area (Å²) in [6, 6.07) is 11.7. The van der Waals surface area contributed by atoms with Gasteiger partial charge in [0.05, 0.1) is 16.6 Å². The fourth-order valence-electron chi connectivity index (χ4n) is 3.31. The molecule has 0 radical (unpaired) electrons. The molecule has 2 aromatic heterocycles. The third kappa shape index (κ3) is 4.12. The standard InChI is InChI=1S/C20H21N5O2S/c26-18(22-15-4-3-9-21-14-15)7-8-19(27)24-10-12-25(13-11-24)20-16-5-1-2-6-17(16)28-23-20/h1-6,9,14H,7-8,10-13H2,(H,22,26). The molecular formula is C20H21N5O2S. The first-order valence-electron chi connectivity index (χ1n) is 9.28. The van der Waals surface area contributed by atoms with Gasteiger partial charge in [-0.3, -0.25) is 14.6 Å². The van der Waals surface area contributed by atoms with Crippen LogP contribution in [0.5, 0.6) is 0 Å². The Kier molecular flexibility index (Phi) is 5.48. The highest BCUT2D eigenvalue weighted by atomic mass is 32.1. The van der Waals surface area contributed by atoms with E-state index in [1.165, 1.54) is 21.6 Å². The molecule has 0 aliphatic carbocycles. The van der Waals surface area contributed by atoms with E-state index >= 15 is 0 Å². The van der Waals surface area contributed by atoms with Gasteiger partial charge in [0.2, 0.25) is 11.8 Å². The van der Waals surface area contributed by atoms with E-state index in [1.54, 1.807) is 24.5 Å². The number of piperazine rings is 1. The molecule has 0 spiro atoms. The fraction of sp³-hybridized carbons (Fsp3) is 0.300. The number of aromatic nitrogens is 2. The summed E-state index contributed by atoms with van der Waals surface area (Å²) in [5.74, 6) is 0.849. The molecule has 0 unspecified atom stereocenters. The second kappa shape index (κ2) is 8.35. The first-order chi connectivity index (χ1) is 13.7. The minimum Gasteiger partial charge on any atom is -0.352 e. The first-order valence-corrected chi connectivity index (χ1v) is 10.0. The molecule has 1 fully saturated rings. The number of amides is 2. The molecule has 2 amide bonds. The van der Waals surface area contributed by atoms with E-state index < -0.39 is 0 Å². The van der Waals surface area contributed by atoms with Gasteiger partial charge in [0, 0.05) is 50.6 Å². The smallest absolute Gasteiger partial charge is 0.224 e. The summed E-state index contributed by atoms with van der Waals surface area (Å²) in [6.45, 7) is 2.80. The monoisotopic (exact) mass is 395 g/mol. The molecule has 0 atom stereocenters. The Morgan fingerprint density at radius 2 is 1.86 bits per heavy atom. The number of nitrogens with zero attached hydrogens (tertiary/aromatic N) is 4. The number of carbonyl (C=O) groups excluding carboxylic acids is 2. The van der Waals surface area contributed by atoms with Gasteiger partial charge in [0.1, 0.15) is 5.82 Å². The maximum Gasteiger partial charge on any atom is 0.224 e. The number of pyridine rings is 1. The maximum atomic E-state index is 12.5. The van der Waals surface area contributed by atoms with E-state index in [2.05, 4.69) is 31.7 Å². The van der Waals surface area contributed by atoms with Crippen LogP contribution < -0.4 is 10.2 Å². The minimum absolute atomic E-state index is 0.0177. The normalized spacial score (nSPS) is 14.3. The van der Waals surface area contributed by atoms with Crippen molar-refractivity contribution in [2.75, 3.05) is 36.4 Å². The molecule has 0 bridgehead atoms. The van der Waals surface area contributed by atoms with Gasteiger partial charge in [0.25, 0.3) is 0 Å². The number of hydrogen-bond donors (Lipinski definition) is 1. The Hall–Kier alpha value is -3.00. The average molecular weight is 395 g/mol. The van der Waals surface area contributed by atoms with Crippen LogP contribution in [0.4, 0.5) is 11.5 Å². The van der Waals surface area contributed by atoms with Crippen molar-refractivity contribution in [1.29, 1.82) is 0 Å². The topological polar surface area (TPSA) is 78.4 Å². The second-order valence-corrected chi connectivity index (χ2v) is 7.47. The van der Waals surface area contributed by atoms with Gasteiger partial charge in [0.15, 0.2) is 0 Å².